The number of hydrogen-bond acceptors (Lipinski definition) is 6. The molecule has 1 atom stereocenters. The molecule has 0 radical (unpaired) electrons. The molecule has 1 aliphatic rings. The zero-order valence-corrected chi connectivity index (χ0v) is 14.3. The summed E-state index contributed by atoms with van der Waals surface area (Å²) < 4.78 is 22.9. The molecule has 1 aromatic carbocycles. The third-order valence-electron chi connectivity index (χ3n) is 3.86. The fraction of sp³-hybridized carbons (Fsp3) is 0.467. The van der Waals surface area contributed by atoms with Crippen molar-refractivity contribution < 1.29 is 13.2 Å². The van der Waals surface area contributed by atoms with E-state index in [4.69, 9.17) is 0 Å². The third kappa shape index (κ3) is 3.61. The van der Waals surface area contributed by atoms with Crippen LogP contribution in [0.5, 0.6) is 0 Å². The van der Waals surface area contributed by atoms with Crippen LogP contribution in [0.4, 0.5) is 0 Å². The Balaban J connectivity index is 1.68. The Morgan fingerprint density at radius 3 is 2.54 bits per heavy atom. The van der Waals surface area contributed by atoms with E-state index in [2.05, 4.69) is 20.7 Å². The Morgan fingerprint density at radius 1 is 1.29 bits per heavy atom. The number of nitrogens with zero attached hydrogens (tertiary/aromatic N) is 4. The molecule has 0 unspecified atom stereocenters. The van der Waals surface area contributed by atoms with Gasteiger partial charge in [-0.3, -0.25) is 4.79 Å². The van der Waals surface area contributed by atoms with Crippen LogP contribution in [0.2, 0.25) is 0 Å². The highest BCUT2D eigenvalue weighted by Gasteiger charge is 2.29. The molecule has 1 aromatic heterocycles. The maximum Gasteiger partial charge on any atom is 0.251 e. The van der Waals surface area contributed by atoms with Gasteiger partial charge in [0.2, 0.25) is 5.82 Å². The molecule has 3 rings (SSSR count). The lowest BCUT2D eigenvalue weighted by Gasteiger charge is -2.10. The van der Waals surface area contributed by atoms with Crippen molar-refractivity contribution >= 4 is 15.7 Å². The van der Waals surface area contributed by atoms with Crippen LogP contribution in [0, 0.1) is 0 Å². The van der Waals surface area contributed by atoms with Crippen molar-refractivity contribution in [1.29, 1.82) is 0 Å². The first-order valence-electron chi connectivity index (χ1n) is 7.75. The van der Waals surface area contributed by atoms with Crippen molar-refractivity contribution in [1.82, 2.24) is 25.5 Å². The average Bonchev–Trinajstić information content (AvgIpc) is 3.14. The molecule has 0 aliphatic carbocycles. The molecule has 2 aromatic rings. The molecule has 1 amide bonds. The van der Waals surface area contributed by atoms with Crippen molar-refractivity contribution in [3.63, 3.8) is 0 Å². The van der Waals surface area contributed by atoms with Crippen molar-refractivity contribution in [3.8, 4) is 11.4 Å². The summed E-state index contributed by atoms with van der Waals surface area (Å²) in [6.45, 7) is 3.92. The van der Waals surface area contributed by atoms with Gasteiger partial charge in [-0.25, -0.2) is 8.42 Å². The highest BCUT2D eigenvalue weighted by atomic mass is 32.2. The van der Waals surface area contributed by atoms with Crippen LogP contribution in [0.3, 0.4) is 0 Å². The van der Waals surface area contributed by atoms with Crippen molar-refractivity contribution in [3.05, 3.63) is 29.8 Å². The smallest absolute Gasteiger partial charge is 0.251 e. The Hall–Kier alpha value is -2.29. The topological polar surface area (TPSA) is 107 Å². The number of tetrazole rings is 1. The summed E-state index contributed by atoms with van der Waals surface area (Å²) in [6.07, 6.45) is 0.467. The average molecular weight is 349 g/mol. The molecule has 9 heteroatoms. The molecule has 1 saturated heterocycles. The Morgan fingerprint density at radius 2 is 2.00 bits per heavy atom. The number of benzene rings is 1. The second-order valence-corrected chi connectivity index (χ2v) is 8.41. The monoisotopic (exact) mass is 349 g/mol. The number of rotatable bonds is 4. The first kappa shape index (κ1) is 16.6. The molecular formula is C15H19N5O3S. The minimum absolute atomic E-state index is 0.0129. The van der Waals surface area contributed by atoms with Gasteiger partial charge < -0.3 is 5.32 Å². The lowest BCUT2D eigenvalue weighted by atomic mass is 10.1. The summed E-state index contributed by atoms with van der Waals surface area (Å²) >= 11 is 0. The van der Waals surface area contributed by atoms with Crippen LogP contribution >= 0.6 is 0 Å². The number of nitrogens with one attached hydrogen (secondary N) is 1. The highest BCUT2D eigenvalue weighted by Crippen LogP contribution is 2.16. The van der Waals surface area contributed by atoms with Gasteiger partial charge in [-0.1, -0.05) is 12.1 Å². The number of amides is 1. The lowest BCUT2D eigenvalue weighted by Crippen LogP contribution is -2.35. The van der Waals surface area contributed by atoms with Gasteiger partial charge in [0.05, 0.1) is 17.5 Å². The molecule has 128 valence electrons. The molecular weight excluding hydrogens is 330 g/mol. The van der Waals surface area contributed by atoms with Crippen molar-refractivity contribution in [2.24, 2.45) is 0 Å². The van der Waals surface area contributed by atoms with Gasteiger partial charge >= 0.3 is 0 Å². The van der Waals surface area contributed by atoms with Crippen molar-refractivity contribution in [2.75, 3.05) is 11.5 Å². The van der Waals surface area contributed by atoms with E-state index in [1.54, 1.807) is 24.3 Å². The summed E-state index contributed by atoms with van der Waals surface area (Å²) in [7, 11) is -3.01. The molecule has 1 fully saturated rings. The molecule has 0 saturated carbocycles. The van der Waals surface area contributed by atoms with Crippen LogP contribution in [-0.4, -0.2) is 52.1 Å². The van der Waals surface area contributed by atoms with E-state index in [9.17, 15) is 13.2 Å². The van der Waals surface area contributed by atoms with Gasteiger partial charge in [0, 0.05) is 17.2 Å². The minimum Gasteiger partial charge on any atom is -0.348 e. The maximum absolute atomic E-state index is 12.2. The molecule has 1 N–H and O–H groups in total. The molecule has 0 spiro atoms. The number of aromatic nitrogens is 4. The maximum atomic E-state index is 12.2. The largest absolute Gasteiger partial charge is 0.348 e. The van der Waals surface area contributed by atoms with E-state index >= 15 is 0 Å². The first-order valence-corrected chi connectivity index (χ1v) is 9.57. The quantitative estimate of drug-likeness (QED) is 0.876. The van der Waals surface area contributed by atoms with E-state index in [1.807, 2.05) is 13.8 Å². The van der Waals surface area contributed by atoms with Gasteiger partial charge in [0.1, 0.15) is 0 Å². The second-order valence-electron chi connectivity index (χ2n) is 6.18. The minimum atomic E-state index is -3.01. The SMILES string of the molecule is CC(C)n1nnc(-c2ccc(C(=O)N[C@H]3CCS(=O)(=O)C3)cc2)n1. The van der Waals surface area contributed by atoms with Crippen LogP contribution in [0.25, 0.3) is 11.4 Å². The fourth-order valence-corrected chi connectivity index (χ4v) is 4.18. The Kier molecular flexibility index (Phi) is 4.35. The third-order valence-corrected chi connectivity index (χ3v) is 5.63. The molecule has 24 heavy (non-hydrogen) atoms. The predicted molar refractivity (Wildman–Crippen MR) is 88.2 cm³/mol. The van der Waals surface area contributed by atoms with Crippen LogP contribution in [-0.2, 0) is 9.84 Å². The molecule has 8 nitrogen and oxygen atoms in total. The van der Waals surface area contributed by atoms with E-state index in [0.717, 1.165) is 5.56 Å². The lowest BCUT2D eigenvalue weighted by molar-refractivity contribution is 0.0941. The molecule has 1 aliphatic heterocycles. The van der Waals surface area contributed by atoms with E-state index < -0.39 is 9.84 Å². The van der Waals surface area contributed by atoms with Crippen LogP contribution < -0.4 is 5.32 Å². The molecule has 2 heterocycles. The van der Waals surface area contributed by atoms with Crippen molar-refractivity contribution in [2.45, 2.75) is 32.4 Å². The zero-order valence-electron chi connectivity index (χ0n) is 13.5. The second kappa shape index (κ2) is 6.31. The van der Waals surface area contributed by atoms with E-state index in [-0.39, 0.29) is 29.5 Å². The zero-order chi connectivity index (χ0) is 17.3. The fourth-order valence-electron chi connectivity index (χ4n) is 2.51. The summed E-state index contributed by atoms with van der Waals surface area (Å²) in [6, 6.07) is 6.66. The van der Waals surface area contributed by atoms with Crippen LogP contribution in [0.15, 0.2) is 24.3 Å². The number of hydrogen-bond donors (Lipinski definition) is 1. The summed E-state index contributed by atoms with van der Waals surface area (Å²) in [5, 5.41) is 15.0. The van der Waals surface area contributed by atoms with Crippen LogP contribution in [0.1, 0.15) is 36.7 Å². The number of carbonyl (C=O) groups is 1. The number of sulfone groups is 1. The normalized spacial score (nSPS) is 19.5. The van der Waals surface area contributed by atoms with Gasteiger partial charge in [-0.2, -0.15) is 4.80 Å². The summed E-state index contributed by atoms with van der Waals surface area (Å²) in [5.41, 5.74) is 1.24. The van der Waals surface area contributed by atoms with Gasteiger partial charge in [0.15, 0.2) is 9.84 Å². The Labute approximate surface area is 140 Å². The van der Waals surface area contributed by atoms with Gasteiger partial charge in [0.25, 0.3) is 5.91 Å². The van der Waals surface area contributed by atoms with E-state index in [1.165, 1.54) is 4.80 Å². The van der Waals surface area contributed by atoms with Gasteiger partial charge in [-0.15, -0.1) is 10.2 Å². The summed E-state index contributed by atoms with van der Waals surface area (Å²) in [4.78, 5) is 13.7. The van der Waals surface area contributed by atoms with Gasteiger partial charge in [-0.05, 0) is 37.6 Å². The predicted octanol–water partition coefficient (Wildman–Crippen LogP) is 0.838. The first-order chi connectivity index (χ1) is 11.3. The highest BCUT2D eigenvalue weighted by molar-refractivity contribution is 7.91. The van der Waals surface area contributed by atoms with E-state index in [0.29, 0.717) is 17.8 Å². The number of carbonyl (C=O) groups excluding carboxylic acids is 1. The Bertz CT molecular complexity index is 842. The molecule has 0 bridgehead atoms. The standard InChI is InChI=1S/C15H19N5O3S/c1-10(2)20-18-14(17-19-20)11-3-5-12(6-4-11)15(21)16-13-7-8-24(22,23)9-13/h3-6,10,13H,7-9H2,1-2H3,(H,16,21)/t13-/m0/s1. The summed E-state index contributed by atoms with van der Waals surface area (Å²) in [5.74, 6) is 0.368.